The van der Waals surface area contributed by atoms with Crippen molar-refractivity contribution in [1.82, 2.24) is 9.55 Å². The fourth-order valence-electron chi connectivity index (χ4n) is 4.49. The molecule has 3 aromatic rings. The summed E-state index contributed by atoms with van der Waals surface area (Å²) in [6, 6.07) is 4.06. The number of pyridine rings is 2. The Morgan fingerprint density at radius 3 is 2.74 bits per heavy atom. The number of nitrogens with zero attached hydrogens (tertiary/aromatic N) is 2. The summed E-state index contributed by atoms with van der Waals surface area (Å²) in [7, 11) is 1.86. The zero-order valence-corrected chi connectivity index (χ0v) is 17.9. The van der Waals surface area contributed by atoms with Crippen molar-refractivity contribution in [3.8, 4) is 11.1 Å². The second kappa shape index (κ2) is 7.50. The van der Waals surface area contributed by atoms with Gasteiger partial charge in [0, 0.05) is 42.0 Å². The molecule has 0 radical (unpaired) electrons. The third kappa shape index (κ3) is 3.11. The molecular formula is C24H25N3O4. The highest BCUT2D eigenvalue weighted by Crippen LogP contribution is 2.42. The van der Waals surface area contributed by atoms with Crippen LogP contribution in [0.1, 0.15) is 52.9 Å². The molecule has 0 bridgehead atoms. The third-order valence-corrected chi connectivity index (χ3v) is 6.21. The molecule has 160 valence electrons. The first-order valence-corrected chi connectivity index (χ1v) is 10.7. The highest BCUT2D eigenvalue weighted by Gasteiger charge is 2.30. The van der Waals surface area contributed by atoms with Gasteiger partial charge in [0.05, 0.1) is 25.3 Å². The first-order valence-electron chi connectivity index (χ1n) is 10.7. The number of aromatic nitrogens is 2. The number of carbonyl (C=O) groups is 1. The van der Waals surface area contributed by atoms with Gasteiger partial charge in [0.1, 0.15) is 11.4 Å². The molecule has 1 saturated carbocycles. The summed E-state index contributed by atoms with van der Waals surface area (Å²) < 4.78 is 13.3. The number of rotatable bonds is 4. The van der Waals surface area contributed by atoms with E-state index in [9.17, 15) is 9.59 Å². The average Bonchev–Trinajstić information content (AvgIpc) is 3.61. The molecule has 0 amide bonds. The van der Waals surface area contributed by atoms with Crippen LogP contribution in [0.15, 0.2) is 29.3 Å². The predicted molar refractivity (Wildman–Crippen MR) is 118 cm³/mol. The fourth-order valence-corrected chi connectivity index (χ4v) is 4.49. The Balaban J connectivity index is 1.80. The van der Waals surface area contributed by atoms with E-state index in [2.05, 4.69) is 14.9 Å². The lowest BCUT2D eigenvalue weighted by Gasteiger charge is -2.18. The number of anilines is 1. The van der Waals surface area contributed by atoms with Gasteiger partial charge < -0.3 is 19.4 Å². The predicted octanol–water partition coefficient (Wildman–Crippen LogP) is 3.96. The lowest BCUT2D eigenvalue weighted by atomic mass is 9.93. The Bertz CT molecular complexity index is 1270. The molecule has 31 heavy (non-hydrogen) atoms. The van der Waals surface area contributed by atoms with Crippen LogP contribution in [0.4, 0.5) is 5.82 Å². The van der Waals surface area contributed by atoms with Crippen LogP contribution in [0.25, 0.3) is 22.0 Å². The lowest BCUT2D eigenvalue weighted by molar-refractivity contribution is 0.0524. The first-order chi connectivity index (χ1) is 15.0. The molecule has 1 fully saturated rings. The van der Waals surface area contributed by atoms with Crippen molar-refractivity contribution in [1.29, 1.82) is 0 Å². The number of fused-ring (bicyclic) bond motifs is 5. The van der Waals surface area contributed by atoms with Crippen molar-refractivity contribution in [3.63, 3.8) is 0 Å². The second-order valence-corrected chi connectivity index (χ2v) is 8.09. The number of hydrogen-bond acceptors (Lipinski definition) is 6. The van der Waals surface area contributed by atoms with Crippen molar-refractivity contribution in [3.05, 3.63) is 57.0 Å². The molecule has 0 saturated heterocycles. The number of ether oxygens (including phenoxy) is 2. The van der Waals surface area contributed by atoms with Crippen molar-refractivity contribution < 1.29 is 14.3 Å². The maximum atomic E-state index is 13.2. The fraction of sp³-hybridized carbons (Fsp3) is 0.375. The Labute approximate surface area is 180 Å². The van der Waals surface area contributed by atoms with Crippen LogP contribution in [0, 0.1) is 6.92 Å². The van der Waals surface area contributed by atoms with E-state index >= 15 is 0 Å². The largest absolute Gasteiger partial charge is 0.462 e. The smallest absolute Gasteiger partial charge is 0.343 e. The minimum Gasteiger partial charge on any atom is -0.462 e. The summed E-state index contributed by atoms with van der Waals surface area (Å²) in [5, 5.41) is 3.66. The molecule has 3 heterocycles. The molecule has 0 atom stereocenters. The van der Waals surface area contributed by atoms with E-state index in [1.54, 1.807) is 13.1 Å². The zero-order valence-electron chi connectivity index (χ0n) is 17.9. The van der Waals surface area contributed by atoms with Gasteiger partial charge in [0.15, 0.2) is 0 Å². The van der Waals surface area contributed by atoms with E-state index in [1.807, 2.05) is 32.3 Å². The quantitative estimate of drug-likeness (QED) is 0.645. The number of esters is 1. The first kappa shape index (κ1) is 19.8. The Morgan fingerprint density at radius 1 is 1.26 bits per heavy atom. The van der Waals surface area contributed by atoms with E-state index in [1.165, 1.54) is 0 Å². The number of carbonyl (C=O) groups excluding carboxylic acids is 1. The van der Waals surface area contributed by atoms with Crippen LogP contribution >= 0.6 is 0 Å². The molecule has 1 aliphatic heterocycles. The van der Waals surface area contributed by atoms with E-state index < -0.39 is 5.97 Å². The van der Waals surface area contributed by atoms with E-state index in [4.69, 9.17) is 9.47 Å². The molecular weight excluding hydrogens is 394 g/mol. The summed E-state index contributed by atoms with van der Waals surface area (Å²) in [4.78, 5) is 30.2. The molecule has 1 aliphatic carbocycles. The second-order valence-electron chi connectivity index (χ2n) is 8.09. The van der Waals surface area contributed by atoms with Crippen molar-refractivity contribution in [2.75, 3.05) is 19.0 Å². The van der Waals surface area contributed by atoms with Gasteiger partial charge in [0.2, 0.25) is 5.43 Å². The minimum atomic E-state index is -0.570. The Morgan fingerprint density at radius 2 is 2.03 bits per heavy atom. The standard InChI is InChI=1S/C24H25N3O4/c1-4-31-24(29)18-10-27(14-5-6-14)21-16(22(18)28)8-7-15-17-9-26-23(25-3)13(2)19(17)11-30-12-20(15)21/h7-10,14H,4-6,11-12H2,1-3H3,(H,25,26). The van der Waals surface area contributed by atoms with Gasteiger partial charge in [-0.1, -0.05) is 6.07 Å². The van der Waals surface area contributed by atoms with Crippen LogP contribution in [0.5, 0.6) is 0 Å². The SMILES string of the molecule is CCOC(=O)c1cn(C2CC2)c2c3c(ccc2c1=O)-c1cnc(NC)c(C)c1COC3. The van der Waals surface area contributed by atoms with Gasteiger partial charge in [-0.05, 0) is 49.4 Å². The highest BCUT2D eigenvalue weighted by molar-refractivity contribution is 5.97. The molecule has 2 aromatic heterocycles. The van der Waals surface area contributed by atoms with E-state index in [0.29, 0.717) is 18.6 Å². The Hall–Kier alpha value is -3.19. The van der Waals surface area contributed by atoms with Crippen LogP contribution in [0.3, 0.4) is 0 Å². The van der Waals surface area contributed by atoms with Gasteiger partial charge in [-0.15, -0.1) is 0 Å². The molecule has 0 unspecified atom stereocenters. The van der Waals surface area contributed by atoms with Crippen LogP contribution in [-0.2, 0) is 22.7 Å². The Kier molecular flexibility index (Phi) is 4.78. The highest BCUT2D eigenvalue weighted by atomic mass is 16.5. The molecule has 5 rings (SSSR count). The number of hydrogen-bond donors (Lipinski definition) is 1. The lowest BCUT2D eigenvalue weighted by Crippen LogP contribution is -2.21. The average molecular weight is 419 g/mol. The summed E-state index contributed by atoms with van der Waals surface area (Å²) in [6.07, 6.45) is 5.60. The van der Waals surface area contributed by atoms with Crippen molar-refractivity contribution >= 4 is 22.7 Å². The van der Waals surface area contributed by atoms with Crippen LogP contribution < -0.4 is 10.7 Å². The van der Waals surface area contributed by atoms with Gasteiger partial charge >= 0.3 is 5.97 Å². The summed E-state index contributed by atoms with van der Waals surface area (Å²) in [5.41, 5.74) is 5.82. The van der Waals surface area contributed by atoms with Gasteiger partial charge in [-0.25, -0.2) is 9.78 Å². The molecule has 0 spiro atoms. The third-order valence-electron chi connectivity index (χ3n) is 6.21. The topological polar surface area (TPSA) is 82.5 Å². The molecule has 7 heteroatoms. The molecule has 2 aliphatic rings. The van der Waals surface area contributed by atoms with Crippen molar-refractivity contribution in [2.24, 2.45) is 0 Å². The molecule has 7 nitrogen and oxygen atoms in total. The van der Waals surface area contributed by atoms with Crippen LogP contribution in [0.2, 0.25) is 0 Å². The normalized spacial score (nSPS) is 15.2. The van der Waals surface area contributed by atoms with E-state index in [0.717, 1.165) is 52.0 Å². The molecule has 1 N–H and O–H groups in total. The van der Waals surface area contributed by atoms with E-state index in [-0.39, 0.29) is 23.6 Å². The number of benzene rings is 1. The van der Waals surface area contributed by atoms with Crippen LogP contribution in [-0.4, -0.2) is 29.2 Å². The maximum absolute atomic E-state index is 13.2. The summed E-state index contributed by atoms with van der Waals surface area (Å²) in [6.45, 7) is 4.88. The van der Waals surface area contributed by atoms with Gasteiger partial charge in [-0.3, -0.25) is 4.79 Å². The monoisotopic (exact) mass is 419 g/mol. The van der Waals surface area contributed by atoms with Crippen molar-refractivity contribution in [2.45, 2.75) is 45.9 Å². The number of nitrogens with one attached hydrogen (secondary N) is 1. The minimum absolute atomic E-state index is 0.0901. The molecule has 1 aromatic carbocycles. The zero-order chi connectivity index (χ0) is 21.7. The maximum Gasteiger partial charge on any atom is 0.343 e. The van der Waals surface area contributed by atoms with Gasteiger partial charge in [-0.2, -0.15) is 0 Å². The summed E-state index contributed by atoms with van der Waals surface area (Å²) in [5.74, 6) is 0.264. The summed E-state index contributed by atoms with van der Waals surface area (Å²) >= 11 is 0. The van der Waals surface area contributed by atoms with Gasteiger partial charge in [0.25, 0.3) is 0 Å².